The van der Waals surface area contributed by atoms with Gasteiger partial charge in [0.25, 0.3) is 0 Å². The van der Waals surface area contributed by atoms with Crippen LogP contribution >= 0.6 is 0 Å². The highest BCUT2D eigenvalue weighted by Crippen LogP contribution is 2.27. The maximum atomic E-state index is 12.3. The van der Waals surface area contributed by atoms with Crippen LogP contribution in [0.1, 0.15) is 38.2 Å². The molecule has 0 bridgehead atoms. The van der Waals surface area contributed by atoms with E-state index in [2.05, 4.69) is 16.0 Å². The van der Waals surface area contributed by atoms with Gasteiger partial charge in [-0.15, -0.1) is 0 Å². The summed E-state index contributed by atoms with van der Waals surface area (Å²) >= 11 is 0. The number of nitrogens with one attached hydrogen (secondary N) is 3. The highest BCUT2D eigenvalue weighted by atomic mass is 16.5. The molecule has 2 rings (SSSR count). The molecule has 1 saturated carbocycles. The number of amides is 3. The van der Waals surface area contributed by atoms with Gasteiger partial charge in [-0.05, 0) is 50.8 Å². The minimum atomic E-state index is -0.334. The predicted molar refractivity (Wildman–Crippen MR) is 94.3 cm³/mol. The monoisotopic (exact) mass is 344 g/mol. The van der Waals surface area contributed by atoms with Crippen molar-refractivity contribution in [3.8, 4) is 11.8 Å². The van der Waals surface area contributed by atoms with Crippen LogP contribution in [-0.4, -0.2) is 31.6 Å². The zero-order valence-corrected chi connectivity index (χ0v) is 14.6. The average Bonchev–Trinajstić information content (AvgIpc) is 2.63. The molecule has 7 nitrogen and oxygen atoms in total. The molecule has 1 aliphatic rings. The third-order valence-corrected chi connectivity index (χ3v) is 4.34. The number of carbonyl (C=O) groups excluding carboxylic acids is 2. The van der Waals surface area contributed by atoms with Crippen LogP contribution in [0.3, 0.4) is 0 Å². The third-order valence-electron chi connectivity index (χ3n) is 4.34. The van der Waals surface area contributed by atoms with Crippen molar-refractivity contribution in [1.29, 1.82) is 5.26 Å². The first-order valence-electron chi connectivity index (χ1n) is 8.53. The summed E-state index contributed by atoms with van der Waals surface area (Å²) in [7, 11) is 1.64. The van der Waals surface area contributed by atoms with Gasteiger partial charge in [-0.2, -0.15) is 5.26 Å². The number of rotatable bonds is 5. The fourth-order valence-electron chi connectivity index (χ4n) is 3.03. The molecule has 0 heterocycles. The number of hydrogen-bond acceptors (Lipinski definition) is 4. The summed E-state index contributed by atoms with van der Waals surface area (Å²) in [6, 6.07) is 6.66. The standard InChI is InChI=1S/C18H24N4O3/c1-3-25-16-9-4-12(11-19)10-15(16)22-18(24)21-14-7-5-13(6-8-14)17(23)20-2/h4,9-10,13-14H,3,5-8H2,1-2H3,(H,20,23)(H2,21,22,24). The van der Waals surface area contributed by atoms with Crippen molar-refractivity contribution in [1.82, 2.24) is 10.6 Å². The Hall–Kier alpha value is -2.75. The number of benzene rings is 1. The molecule has 1 fully saturated rings. The Labute approximate surface area is 147 Å². The van der Waals surface area contributed by atoms with E-state index in [1.54, 1.807) is 25.2 Å². The topological polar surface area (TPSA) is 103 Å². The van der Waals surface area contributed by atoms with E-state index >= 15 is 0 Å². The lowest BCUT2D eigenvalue weighted by Gasteiger charge is -2.28. The molecule has 0 atom stereocenters. The van der Waals surface area contributed by atoms with Gasteiger partial charge in [-0.1, -0.05) is 0 Å². The van der Waals surface area contributed by atoms with Crippen LogP contribution < -0.4 is 20.7 Å². The van der Waals surface area contributed by atoms with Gasteiger partial charge in [0.15, 0.2) is 0 Å². The van der Waals surface area contributed by atoms with E-state index < -0.39 is 0 Å². The molecule has 134 valence electrons. The first-order chi connectivity index (χ1) is 12.1. The summed E-state index contributed by atoms with van der Waals surface area (Å²) in [5, 5.41) is 17.4. The fourth-order valence-corrected chi connectivity index (χ4v) is 3.03. The van der Waals surface area contributed by atoms with Crippen molar-refractivity contribution < 1.29 is 14.3 Å². The van der Waals surface area contributed by atoms with Gasteiger partial charge >= 0.3 is 6.03 Å². The first-order valence-corrected chi connectivity index (χ1v) is 8.53. The van der Waals surface area contributed by atoms with Gasteiger partial charge < -0.3 is 20.7 Å². The normalized spacial score (nSPS) is 19.4. The zero-order chi connectivity index (χ0) is 18.2. The smallest absolute Gasteiger partial charge is 0.319 e. The number of ether oxygens (including phenoxy) is 1. The lowest BCUT2D eigenvalue weighted by atomic mass is 9.85. The van der Waals surface area contributed by atoms with Crippen LogP contribution in [0.5, 0.6) is 5.75 Å². The highest BCUT2D eigenvalue weighted by Gasteiger charge is 2.26. The van der Waals surface area contributed by atoms with Gasteiger partial charge in [-0.3, -0.25) is 4.79 Å². The number of nitrogens with zero attached hydrogens (tertiary/aromatic N) is 1. The Balaban J connectivity index is 1.93. The van der Waals surface area contributed by atoms with Crippen molar-refractivity contribution in [2.45, 2.75) is 38.6 Å². The largest absolute Gasteiger partial charge is 0.492 e. The molecule has 7 heteroatoms. The molecule has 3 amide bonds. The second-order valence-corrected chi connectivity index (χ2v) is 6.02. The Bertz CT molecular complexity index is 661. The molecule has 1 aromatic rings. The molecule has 25 heavy (non-hydrogen) atoms. The third kappa shape index (κ3) is 5.11. The molecule has 0 aliphatic heterocycles. The molecule has 0 unspecified atom stereocenters. The number of anilines is 1. The van der Waals surface area contributed by atoms with Crippen molar-refractivity contribution in [2.75, 3.05) is 19.0 Å². The van der Waals surface area contributed by atoms with Crippen molar-refractivity contribution in [3.05, 3.63) is 23.8 Å². The van der Waals surface area contributed by atoms with E-state index in [0.29, 0.717) is 23.6 Å². The highest BCUT2D eigenvalue weighted by molar-refractivity contribution is 5.91. The summed E-state index contributed by atoms with van der Waals surface area (Å²) in [5.41, 5.74) is 0.919. The number of nitriles is 1. The lowest BCUT2D eigenvalue weighted by Crippen LogP contribution is -2.42. The molecular formula is C18H24N4O3. The van der Waals surface area contributed by atoms with Gasteiger partial charge in [0.1, 0.15) is 5.75 Å². The maximum absolute atomic E-state index is 12.3. The molecule has 3 N–H and O–H groups in total. The van der Waals surface area contributed by atoms with E-state index in [-0.39, 0.29) is 23.9 Å². The molecule has 1 aromatic carbocycles. The SMILES string of the molecule is CCOc1ccc(C#N)cc1NC(=O)NC1CCC(C(=O)NC)CC1. The zero-order valence-electron chi connectivity index (χ0n) is 14.6. The Morgan fingerprint density at radius 1 is 1.28 bits per heavy atom. The molecule has 0 spiro atoms. The average molecular weight is 344 g/mol. The quantitative estimate of drug-likeness (QED) is 0.763. The van der Waals surface area contributed by atoms with Crippen LogP contribution in [0.4, 0.5) is 10.5 Å². The van der Waals surface area contributed by atoms with Crippen LogP contribution in [0.2, 0.25) is 0 Å². The Kier molecular flexibility index (Phi) is 6.63. The van der Waals surface area contributed by atoms with Crippen LogP contribution in [0.15, 0.2) is 18.2 Å². The summed E-state index contributed by atoms with van der Waals surface area (Å²) in [6.45, 7) is 2.32. The summed E-state index contributed by atoms with van der Waals surface area (Å²) in [5.74, 6) is 0.625. The second kappa shape index (κ2) is 8.92. The van der Waals surface area contributed by atoms with Crippen LogP contribution in [0.25, 0.3) is 0 Å². The number of urea groups is 1. The Morgan fingerprint density at radius 2 is 2.00 bits per heavy atom. The fraction of sp³-hybridized carbons (Fsp3) is 0.500. The molecule has 1 aliphatic carbocycles. The summed E-state index contributed by atoms with van der Waals surface area (Å²) in [6.07, 6.45) is 3.06. The molecule has 0 radical (unpaired) electrons. The predicted octanol–water partition coefficient (Wildman–Crippen LogP) is 2.38. The van der Waals surface area contributed by atoms with Crippen molar-refractivity contribution in [2.24, 2.45) is 5.92 Å². The van der Waals surface area contributed by atoms with Crippen LogP contribution in [0, 0.1) is 17.2 Å². The maximum Gasteiger partial charge on any atom is 0.319 e. The lowest BCUT2D eigenvalue weighted by molar-refractivity contribution is -0.125. The van der Waals surface area contributed by atoms with E-state index in [0.717, 1.165) is 25.7 Å². The van der Waals surface area contributed by atoms with Gasteiger partial charge in [-0.25, -0.2) is 4.79 Å². The van der Waals surface area contributed by atoms with E-state index in [4.69, 9.17) is 10.00 Å². The minimum absolute atomic E-state index is 0.0305. The van der Waals surface area contributed by atoms with E-state index in [1.165, 1.54) is 0 Å². The first kappa shape index (κ1) is 18.6. The van der Waals surface area contributed by atoms with Crippen molar-refractivity contribution in [3.63, 3.8) is 0 Å². The number of hydrogen-bond donors (Lipinski definition) is 3. The van der Waals surface area contributed by atoms with Gasteiger partial charge in [0.05, 0.1) is 23.9 Å². The molecular weight excluding hydrogens is 320 g/mol. The van der Waals surface area contributed by atoms with Gasteiger partial charge in [0.2, 0.25) is 5.91 Å². The summed E-state index contributed by atoms with van der Waals surface area (Å²) in [4.78, 5) is 23.9. The molecule has 0 aromatic heterocycles. The van der Waals surface area contributed by atoms with E-state index in [9.17, 15) is 9.59 Å². The molecule has 0 saturated heterocycles. The van der Waals surface area contributed by atoms with Gasteiger partial charge in [0, 0.05) is 19.0 Å². The minimum Gasteiger partial charge on any atom is -0.492 e. The van der Waals surface area contributed by atoms with Crippen LogP contribution in [-0.2, 0) is 4.79 Å². The Morgan fingerprint density at radius 3 is 2.60 bits per heavy atom. The van der Waals surface area contributed by atoms with E-state index in [1.807, 2.05) is 13.0 Å². The number of carbonyl (C=O) groups is 2. The second-order valence-electron chi connectivity index (χ2n) is 6.02. The van der Waals surface area contributed by atoms with Crippen molar-refractivity contribution >= 4 is 17.6 Å². The summed E-state index contributed by atoms with van der Waals surface area (Å²) < 4.78 is 5.48.